The van der Waals surface area contributed by atoms with E-state index < -0.39 is 5.97 Å². The fraction of sp³-hybridized carbons (Fsp3) is 0. The lowest BCUT2D eigenvalue weighted by Gasteiger charge is -2.12. The Bertz CT molecular complexity index is 1180. The maximum atomic E-state index is 11.4. The van der Waals surface area contributed by atoms with E-state index in [1.807, 2.05) is 30.3 Å². The first-order valence-corrected chi connectivity index (χ1v) is 8.25. The number of carbonyl (C=O) groups is 2. The van der Waals surface area contributed by atoms with Crippen molar-refractivity contribution in [2.75, 3.05) is 0 Å². The quantitative estimate of drug-likeness (QED) is 0.313. The Morgan fingerprint density at radius 2 is 1.48 bits per heavy atom. The van der Waals surface area contributed by atoms with Crippen molar-refractivity contribution in [1.29, 1.82) is 0 Å². The van der Waals surface area contributed by atoms with Crippen LogP contribution in [-0.4, -0.2) is 17.4 Å². The number of hydrogen-bond acceptors (Lipinski definition) is 4. The molecule has 0 spiro atoms. The lowest BCUT2D eigenvalue weighted by Crippen LogP contribution is -2.05. The van der Waals surface area contributed by atoms with Gasteiger partial charge in [0.05, 0.1) is 11.1 Å². The predicted octanol–water partition coefficient (Wildman–Crippen LogP) is 4.88. The van der Waals surface area contributed by atoms with Crippen molar-refractivity contribution in [1.82, 2.24) is 0 Å². The zero-order chi connectivity index (χ0) is 18.8. The van der Waals surface area contributed by atoms with Gasteiger partial charge >= 0.3 is 5.97 Å². The SMILES string of the molecule is O=Cc1ccc2ccccc2c1OOc1ccc(C(=O)O)c2ccccc12. The van der Waals surface area contributed by atoms with Crippen molar-refractivity contribution in [3.05, 3.63) is 83.9 Å². The highest BCUT2D eigenvalue weighted by Crippen LogP contribution is 2.32. The molecule has 0 heterocycles. The van der Waals surface area contributed by atoms with E-state index in [1.165, 1.54) is 12.1 Å². The molecule has 4 aromatic rings. The molecule has 1 N–H and O–H groups in total. The largest absolute Gasteiger partial charge is 0.478 e. The average Bonchev–Trinajstić information content (AvgIpc) is 2.71. The van der Waals surface area contributed by atoms with Gasteiger partial charge in [0.15, 0.2) is 17.8 Å². The van der Waals surface area contributed by atoms with Crippen LogP contribution in [0.25, 0.3) is 21.5 Å². The van der Waals surface area contributed by atoms with Crippen molar-refractivity contribution in [2.45, 2.75) is 0 Å². The molecule has 0 saturated heterocycles. The summed E-state index contributed by atoms with van der Waals surface area (Å²) in [6, 6.07) is 21.0. The molecule has 0 atom stereocenters. The summed E-state index contributed by atoms with van der Waals surface area (Å²) in [6.07, 6.45) is 0.705. The third-order valence-corrected chi connectivity index (χ3v) is 4.37. The van der Waals surface area contributed by atoms with Crippen LogP contribution in [0, 0.1) is 0 Å². The number of fused-ring (bicyclic) bond motifs is 2. The minimum atomic E-state index is -1.02. The summed E-state index contributed by atoms with van der Waals surface area (Å²) >= 11 is 0. The summed E-state index contributed by atoms with van der Waals surface area (Å²) in [5.74, 6) is -0.342. The van der Waals surface area contributed by atoms with Gasteiger partial charge in [0.1, 0.15) is 0 Å². The fourth-order valence-electron chi connectivity index (χ4n) is 3.06. The van der Waals surface area contributed by atoms with E-state index >= 15 is 0 Å². The van der Waals surface area contributed by atoms with E-state index in [4.69, 9.17) is 9.78 Å². The molecule has 0 aliphatic rings. The molecule has 0 aliphatic carbocycles. The van der Waals surface area contributed by atoms with Crippen LogP contribution in [0.4, 0.5) is 0 Å². The molecule has 4 rings (SSSR count). The van der Waals surface area contributed by atoms with Gasteiger partial charge in [0, 0.05) is 16.2 Å². The molecule has 132 valence electrons. The second kappa shape index (κ2) is 6.80. The van der Waals surface area contributed by atoms with Crippen molar-refractivity contribution >= 4 is 33.8 Å². The smallest absolute Gasteiger partial charge is 0.336 e. The Morgan fingerprint density at radius 1 is 0.778 bits per heavy atom. The summed E-state index contributed by atoms with van der Waals surface area (Å²) in [4.78, 5) is 33.9. The van der Waals surface area contributed by atoms with Gasteiger partial charge in [0.2, 0.25) is 0 Å². The third-order valence-electron chi connectivity index (χ3n) is 4.37. The van der Waals surface area contributed by atoms with Crippen LogP contribution in [0.3, 0.4) is 0 Å². The Kier molecular flexibility index (Phi) is 4.18. The molecule has 5 heteroatoms. The van der Waals surface area contributed by atoms with Crippen LogP contribution < -0.4 is 9.78 Å². The number of hydrogen-bond donors (Lipinski definition) is 1. The normalized spacial score (nSPS) is 10.7. The second-order valence-corrected chi connectivity index (χ2v) is 5.95. The van der Waals surface area contributed by atoms with Crippen LogP contribution in [-0.2, 0) is 0 Å². The lowest BCUT2D eigenvalue weighted by atomic mass is 10.0. The number of aldehydes is 1. The molecule has 0 radical (unpaired) electrons. The standard InChI is InChI=1S/C22H14O5/c23-13-15-10-9-14-5-1-2-6-16(14)21(15)27-26-20-12-11-19(22(24)25)17-7-3-4-8-18(17)20/h1-13H,(H,24,25). The second-order valence-electron chi connectivity index (χ2n) is 5.95. The fourth-order valence-corrected chi connectivity index (χ4v) is 3.06. The van der Waals surface area contributed by atoms with Crippen molar-refractivity contribution in [3.8, 4) is 11.5 Å². The van der Waals surface area contributed by atoms with Gasteiger partial charge in [-0.2, -0.15) is 0 Å². The van der Waals surface area contributed by atoms with Gasteiger partial charge < -0.3 is 5.11 Å². The van der Waals surface area contributed by atoms with Gasteiger partial charge in [-0.15, -0.1) is 0 Å². The summed E-state index contributed by atoms with van der Waals surface area (Å²) < 4.78 is 0. The van der Waals surface area contributed by atoms with E-state index in [2.05, 4.69) is 0 Å². The Morgan fingerprint density at radius 3 is 2.22 bits per heavy atom. The molecule has 27 heavy (non-hydrogen) atoms. The monoisotopic (exact) mass is 358 g/mol. The third kappa shape index (κ3) is 2.95. The zero-order valence-electron chi connectivity index (χ0n) is 14.1. The highest BCUT2D eigenvalue weighted by molar-refractivity contribution is 6.05. The van der Waals surface area contributed by atoms with Gasteiger partial charge in [-0.3, -0.25) is 14.6 Å². The number of carboxylic acid groups (broad SMARTS) is 1. The highest BCUT2D eigenvalue weighted by Gasteiger charge is 2.15. The van der Waals surface area contributed by atoms with Crippen molar-refractivity contribution in [3.63, 3.8) is 0 Å². The minimum Gasteiger partial charge on any atom is -0.478 e. The highest BCUT2D eigenvalue weighted by atomic mass is 17.2. The Labute approximate surface area is 154 Å². The van der Waals surface area contributed by atoms with Crippen LogP contribution >= 0.6 is 0 Å². The number of aromatic carboxylic acids is 1. The number of carboxylic acids is 1. The molecule has 4 aromatic carbocycles. The average molecular weight is 358 g/mol. The minimum absolute atomic E-state index is 0.177. The van der Waals surface area contributed by atoms with Crippen molar-refractivity contribution < 1.29 is 24.5 Å². The van der Waals surface area contributed by atoms with Crippen LogP contribution in [0.2, 0.25) is 0 Å². The lowest BCUT2D eigenvalue weighted by molar-refractivity contribution is -0.0971. The first kappa shape index (κ1) is 16.6. The van der Waals surface area contributed by atoms with Gasteiger partial charge in [-0.25, -0.2) is 4.79 Å². The summed E-state index contributed by atoms with van der Waals surface area (Å²) in [7, 11) is 0. The molecule has 0 aromatic heterocycles. The summed E-state index contributed by atoms with van der Waals surface area (Å²) in [5, 5.41) is 12.2. The number of benzene rings is 4. The molecule has 5 nitrogen and oxygen atoms in total. The van der Waals surface area contributed by atoms with Crippen LogP contribution in [0.1, 0.15) is 20.7 Å². The van der Waals surface area contributed by atoms with Gasteiger partial charge in [-0.05, 0) is 23.6 Å². The van der Waals surface area contributed by atoms with E-state index in [-0.39, 0.29) is 5.56 Å². The van der Waals surface area contributed by atoms with E-state index in [1.54, 1.807) is 30.3 Å². The number of carbonyl (C=O) groups excluding carboxylic acids is 1. The topological polar surface area (TPSA) is 72.8 Å². The molecule has 0 aliphatic heterocycles. The molecule has 0 unspecified atom stereocenters. The maximum Gasteiger partial charge on any atom is 0.336 e. The van der Waals surface area contributed by atoms with Crippen molar-refractivity contribution in [2.24, 2.45) is 0 Å². The zero-order valence-corrected chi connectivity index (χ0v) is 14.1. The molecule has 0 saturated carbocycles. The molecule has 0 fully saturated rings. The summed E-state index contributed by atoms with van der Waals surface area (Å²) in [6.45, 7) is 0. The molecule has 0 bridgehead atoms. The Hall–Kier alpha value is -3.86. The first-order chi connectivity index (χ1) is 13.2. The van der Waals surface area contributed by atoms with Crippen LogP contribution in [0.5, 0.6) is 11.5 Å². The molecular formula is C22H14O5. The predicted molar refractivity (Wildman–Crippen MR) is 101 cm³/mol. The van der Waals surface area contributed by atoms with E-state index in [0.29, 0.717) is 34.1 Å². The number of rotatable bonds is 5. The van der Waals surface area contributed by atoms with Gasteiger partial charge in [-0.1, -0.05) is 54.6 Å². The van der Waals surface area contributed by atoms with E-state index in [9.17, 15) is 14.7 Å². The maximum absolute atomic E-state index is 11.4. The van der Waals surface area contributed by atoms with E-state index in [0.717, 1.165) is 10.8 Å². The molecular weight excluding hydrogens is 344 g/mol. The molecule has 0 amide bonds. The summed E-state index contributed by atoms with van der Waals surface area (Å²) in [5.41, 5.74) is 0.539. The van der Waals surface area contributed by atoms with Crippen LogP contribution in [0.15, 0.2) is 72.8 Å². The Balaban J connectivity index is 1.77. The first-order valence-electron chi connectivity index (χ1n) is 8.25. The van der Waals surface area contributed by atoms with Gasteiger partial charge in [0.25, 0.3) is 0 Å².